The first-order chi connectivity index (χ1) is 11.0. The number of nitro benzene ring substituents is 1. The Kier molecular flexibility index (Phi) is 4.84. The van der Waals surface area contributed by atoms with E-state index in [1.807, 2.05) is 20.8 Å². The molecule has 0 aliphatic carbocycles. The van der Waals surface area contributed by atoms with Gasteiger partial charge in [-0.15, -0.1) is 0 Å². The number of benzene rings is 1. The van der Waals surface area contributed by atoms with Gasteiger partial charge in [0, 0.05) is 23.2 Å². The summed E-state index contributed by atoms with van der Waals surface area (Å²) in [5, 5.41) is 16.9. The van der Waals surface area contributed by atoms with E-state index in [0.29, 0.717) is 12.1 Å². The fourth-order valence-corrected chi connectivity index (χ4v) is 4.18. The topological polar surface area (TPSA) is 118 Å². The molecule has 0 radical (unpaired) electrons. The first-order valence-corrected chi connectivity index (χ1v) is 9.37. The third-order valence-corrected chi connectivity index (χ3v) is 5.30. The third kappa shape index (κ3) is 4.67. The molecular formula is C15H21N3O5S. The van der Waals surface area contributed by atoms with Crippen LogP contribution < -0.4 is 10.6 Å². The number of carbonyl (C=O) groups excluding carboxylic acids is 1. The van der Waals surface area contributed by atoms with Crippen molar-refractivity contribution in [3.63, 3.8) is 0 Å². The van der Waals surface area contributed by atoms with E-state index in [1.165, 1.54) is 18.2 Å². The largest absolute Gasteiger partial charge is 0.375 e. The third-order valence-electron chi connectivity index (χ3n) is 3.53. The Morgan fingerprint density at radius 3 is 2.50 bits per heavy atom. The summed E-state index contributed by atoms with van der Waals surface area (Å²) >= 11 is 0. The van der Waals surface area contributed by atoms with E-state index in [9.17, 15) is 23.3 Å². The zero-order valence-electron chi connectivity index (χ0n) is 13.8. The Labute approximate surface area is 140 Å². The van der Waals surface area contributed by atoms with Crippen molar-refractivity contribution in [1.29, 1.82) is 0 Å². The van der Waals surface area contributed by atoms with Gasteiger partial charge in [-0.1, -0.05) is 0 Å². The number of sulfone groups is 1. The zero-order chi connectivity index (χ0) is 18.1. The highest BCUT2D eigenvalue weighted by Gasteiger charge is 2.29. The summed E-state index contributed by atoms with van der Waals surface area (Å²) in [5.74, 6) is -0.556. The lowest BCUT2D eigenvalue weighted by atomic mass is 10.1. The van der Waals surface area contributed by atoms with E-state index >= 15 is 0 Å². The summed E-state index contributed by atoms with van der Waals surface area (Å²) in [5.41, 5.74) is -0.109. The van der Waals surface area contributed by atoms with Crippen LogP contribution in [0.15, 0.2) is 18.2 Å². The van der Waals surface area contributed by atoms with Crippen LogP contribution in [0.1, 0.15) is 37.6 Å². The average Bonchev–Trinajstić information content (AvgIpc) is 2.76. The summed E-state index contributed by atoms with van der Waals surface area (Å²) in [4.78, 5) is 23.0. The number of nitro groups is 1. The molecule has 0 saturated carbocycles. The van der Waals surface area contributed by atoms with Crippen molar-refractivity contribution >= 4 is 27.1 Å². The molecule has 1 atom stereocenters. The summed E-state index contributed by atoms with van der Waals surface area (Å²) in [7, 11) is -3.10. The number of anilines is 1. The standard InChI is InChI=1S/C15H21N3O5S/c1-15(2,3)17-12-5-4-10(8-13(12)18(20)21)14(19)16-11-6-7-24(22,23)9-11/h4-5,8,11,17H,6-7,9H2,1-3H3,(H,16,19). The van der Waals surface area contributed by atoms with Crippen LogP contribution in [0.5, 0.6) is 0 Å². The molecule has 1 aliphatic rings. The Hall–Kier alpha value is -2.16. The Balaban J connectivity index is 2.20. The average molecular weight is 355 g/mol. The lowest BCUT2D eigenvalue weighted by Crippen LogP contribution is -2.35. The van der Waals surface area contributed by atoms with Crippen molar-refractivity contribution < 1.29 is 18.1 Å². The predicted molar refractivity (Wildman–Crippen MR) is 91.0 cm³/mol. The van der Waals surface area contributed by atoms with E-state index in [2.05, 4.69) is 10.6 Å². The van der Waals surface area contributed by atoms with Gasteiger partial charge >= 0.3 is 0 Å². The molecule has 2 rings (SSSR count). The van der Waals surface area contributed by atoms with Crippen LogP contribution >= 0.6 is 0 Å². The fraction of sp³-hybridized carbons (Fsp3) is 0.533. The molecule has 1 saturated heterocycles. The van der Waals surface area contributed by atoms with E-state index in [0.717, 1.165) is 0 Å². The fourth-order valence-electron chi connectivity index (χ4n) is 2.51. The lowest BCUT2D eigenvalue weighted by Gasteiger charge is -2.22. The maximum absolute atomic E-state index is 12.2. The lowest BCUT2D eigenvalue weighted by molar-refractivity contribution is -0.384. The molecule has 8 nitrogen and oxygen atoms in total. The van der Waals surface area contributed by atoms with Crippen LogP contribution in [0.25, 0.3) is 0 Å². The number of nitrogens with zero attached hydrogens (tertiary/aromatic N) is 1. The van der Waals surface area contributed by atoms with Crippen molar-refractivity contribution in [2.24, 2.45) is 0 Å². The maximum atomic E-state index is 12.2. The number of amides is 1. The second-order valence-corrected chi connectivity index (χ2v) is 9.17. The van der Waals surface area contributed by atoms with Gasteiger partial charge in [-0.2, -0.15) is 0 Å². The molecule has 2 N–H and O–H groups in total. The number of hydrogen-bond donors (Lipinski definition) is 2. The Morgan fingerprint density at radius 2 is 2.00 bits per heavy atom. The predicted octanol–water partition coefficient (Wildman–Crippen LogP) is 1.72. The van der Waals surface area contributed by atoms with Crippen LogP contribution in [0.2, 0.25) is 0 Å². The van der Waals surface area contributed by atoms with Crippen LogP contribution in [0.4, 0.5) is 11.4 Å². The summed E-state index contributed by atoms with van der Waals surface area (Å²) in [6.07, 6.45) is 0.361. The zero-order valence-corrected chi connectivity index (χ0v) is 14.6. The van der Waals surface area contributed by atoms with Gasteiger partial charge in [0.05, 0.1) is 16.4 Å². The van der Waals surface area contributed by atoms with E-state index < -0.39 is 26.7 Å². The summed E-state index contributed by atoms with van der Waals surface area (Å²) in [6, 6.07) is 3.73. The van der Waals surface area contributed by atoms with Crippen LogP contribution in [0, 0.1) is 10.1 Å². The highest BCUT2D eigenvalue weighted by Crippen LogP contribution is 2.28. The molecule has 1 aromatic rings. The number of rotatable bonds is 4. The first kappa shape index (κ1) is 18.2. The van der Waals surface area contributed by atoms with Crippen LogP contribution in [-0.4, -0.2) is 42.3 Å². The molecular weight excluding hydrogens is 334 g/mol. The van der Waals surface area contributed by atoms with Gasteiger partial charge in [0.15, 0.2) is 9.84 Å². The second kappa shape index (κ2) is 6.39. The van der Waals surface area contributed by atoms with E-state index in [-0.39, 0.29) is 28.3 Å². The monoisotopic (exact) mass is 355 g/mol. The van der Waals surface area contributed by atoms with Gasteiger partial charge in [0.1, 0.15) is 5.69 Å². The van der Waals surface area contributed by atoms with Gasteiger partial charge in [0.2, 0.25) is 0 Å². The van der Waals surface area contributed by atoms with Crippen molar-refractivity contribution in [3.05, 3.63) is 33.9 Å². The molecule has 24 heavy (non-hydrogen) atoms. The SMILES string of the molecule is CC(C)(C)Nc1ccc(C(=O)NC2CCS(=O)(=O)C2)cc1[N+](=O)[O-]. The molecule has 0 aromatic heterocycles. The first-order valence-electron chi connectivity index (χ1n) is 7.55. The Morgan fingerprint density at radius 1 is 1.33 bits per heavy atom. The number of carbonyl (C=O) groups is 1. The normalized spacial score (nSPS) is 19.7. The van der Waals surface area contributed by atoms with Crippen molar-refractivity contribution in [2.45, 2.75) is 38.8 Å². The smallest absolute Gasteiger partial charge is 0.293 e. The van der Waals surface area contributed by atoms with Gasteiger partial charge < -0.3 is 10.6 Å². The molecule has 1 heterocycles. The molecule has 1 amide bonds. The molecule has 0 bridgehead atoms. The maximum Gasteiger partial charge on any atom is 0.293 e. The Bertz CT molecular complexity index is 768. The minimum atomic E-state index is -3.10. The quantitative estimate of drug-likeness (QED) is 0.627. The molecule has 1 aromatic carbocycles. The molecule has 132 valence electrons. The second-order valence-electron chi connectivity index (χ2n) is 6.94. The number of nitrogens with one attached hydrogen (secondary N) is 2. The summed E-state index contributed by atoms with van der Waals surface area (Å²) < 4.78 is 22.9. The van der Waals surface area contributed by atoms with Gasteiger partial charge in [-0.3, -0.25) is 14.9 Å². The van der Waals surface area contributed by atoms with Gasteiger partial charge in [-0.25, -0.2) is 8.42 Å². The highest BCUT2D eigenvalue weighted by molar-refractivity contribution is 7.91. The van der Waals surface area contributed by atoms with Crippen LogP contribution in [0.3, 0.4) is 0 Å². The molecule has 1 unspecified atom stereocenters. The van der Waals surface area contributed by atoms with Crippen LogP contribution in [-0.2, 0) is 9.84 Å². The van der Waals surface area contributed by atoms with Gasteiger partial charge in [-0.05, 0) is 39.3 Å². The number of hydrogen-bond acceptors (Lipinski definition) is 6. The summed E-state index contributed by atoms with van der Waals surface area (Å²) in [6.45, 7) is 5.62. The minimum absolute atomic E-state index is 0.0481. The molecule has 1 fully saturated rings. The minimum Gasteiger partial charge on any atom is -0.375 e. The van der Waals surface area contributed by atoms with E-state index in [4.69, 9.17) is 0 Å². The van der Waals surface area contributed by atoms with Crippen molar-refractivity contribution in [2.75, 3.05) is 16.8 Å². The highest BCUT2D eigenvalue weighted by atomic mass is 32.2. The van der Waals surface area contributed by atoms with Crippen molar-refractivity contribution in [1.82, 2.24) is 5.32 Å². The van der Waals surface area contributed by atoms with Crippen molar-refractivity contribution in [3.8, 4) is 0 Å². The molecule has 9 heteroatoms. The molecule has 1 aliphatic heterocycles. The van der Waals surface area contributed by atoms with E-state index in [1.54, 1.807) is 0 Å². The van der Waals surface area contributed by atoms with Gasteiger partial charge in [0.25, 0.3) is 11.6 Å². The molecule has 0 spiro atoms.